The molecular weight excluding hydrogens is 228 g/mol. The van der Waals surface area contributed by atoms with Gasteiger partial charge in [-0.25, -0.2) is 0 Å². The van der Waals surface area contributed by atoms with Crippen LogP contribution in [0.2, 0.25) is 0 Å². The molecule has 0 aliphatic heterocycles. The summed E-state index contributed by atoms with van der Waals surface area (Å²) in [5.41, 5.74) is 0.490. The standard InChI is InChI=1S/C10H12N2O3S/c1-7(16)10(13)11-6-8-4-2-3-5-9(8)12(14)15/h2-5,7,16H,6H2,1H3,(H,11,13). The van der Waals surface area contributed by atoms with E-state index in [9.17, 15) is 14.9 Å². The van der Waals surface area contributed by atoms with Crippen molar-refractivity contribution in [2.75, 3.05) is 0 Å². The molecule has 16 heavy (non-hydrogen) atoms. The van der Waals surface area contributed by atoms with Gasteiger partial charge in [-0.1, -0.05) is 18.2 Å². The number of thiol groups is 1. The van der Waals surface area contributed by atoms with Crippen molar-refractivity contribution in [2.45, 2.75) is 18.7 Å². The van der Waals surface area contributed by atoms with E-state index in [0.29, 0.717) is 5.56 Å². The van der Waals surface area contributed by atoms with E-state index < -0.39 is 10.2 Å². The van der Waals surface area contributed by atoms with Crippen LogP contribution in [0, 0.1) is 10.1 Å². The molecule has 1 amide bonds. The normalized spacial score (nSPS) is 11.9. The second kappa shape index (κ2) is 5.50. The number of benzene rings is 1. The summed E-state index contributed by atoms with van der Waals surface area (Å²) in [6.07, 6.45) is 0. The fourth-order valence-electron chi connectivity index (χ4n) is 1.17. The molecule has 1 unspecified atom stereocenters. The van der Waals surface area contributed by atoms with E-state index in [0.717, 1.165) is 0 Å². The minimum Gasteiger partial charge on any atom is -0.351 e. The van der Waals surface area contributed by atoms with E-state index in [-0.39, 0.29) is 18.1 Å². The number of para-hydroxylation sites is 1. The van der Waals surface area contributed by atoms with Gasteiger partial charge in [0.2, 0.25) is 5.91 Å². The average Bonchev–Trinajstić information content (AvgIpc) is 2.25. The van der Waals surface area contributed by atoms with Gasteiger partial charge in [-0.2, -0.15) is 12.6 Å². The Hall–Kier alpha value is -1.56. The molecule has 86 valence electrons. The largest absolute Gasteiger partial charge is 0.351 e. The lowest BCUT2D eigenvalue weighted by molar-refractivity contribution is -0.385. The Bertz CT molecular complexity index is 407. The fourth-order valence-corrected chi connectivity index (χ4v) is 1.26. The van der Waals surface area contributed by atoms with E-state index in [1.807, 2.05) is 0 Å². The number of nitrogens with zero attached hydrogens (tertiary/aromatic N) is 1. The summed E-state index contributed by atoms with van der Waals surface area (Å²) < 4.78 is 0. The number of nitro benzene ring substituents is 1. The third-order valence-electron chi connectivity index (χ3n) is 2.02. The molecule has 0 saturated heterocycles. The lowest BCUT2D eigenvalue weighted by Gasteiger charge is -2.07. The topological polar surface area (TPSA) is 72.2 Å². The van der Waals surface area contributed by atoms with Gasteiger partial charge >= 0.3 is 0 Å². The number of hydrogen-bond donors (Lipinski definition) is 2. The Morgan fingerprint density at radius 3 is 2.75 bits per heavy atom. The summed E-state index contributed by atoms with van der Waals surface area (Å²) >= 11 is 3.96. The predicted octanol–water partition coefficient (Wildman–Crippen LogP) is 1.53. The molecule has 0 aromatic heterocycles. The Morgan fingerprint density at radius 2 is 2.19 bits per heavy atom. The maximum Gasteiger partial charge on any atom is 0.274 e. The van der Waals surface area contributed by atoms with E-state index in [1.54, 1.807) is 25.1 Å². The number of nitrogens with one attached hydrogen (secondary N) is 1. The molecule has 0 radical (unpaired) electrons. The molecule has 0 saturated carbocycles. The van der Waals surface area contributed by atoms with Crippen LogP contribution in [0.4, 0.5) is 5.69 Å². The molecule has 0 spiro atoms. The third-order valence-corrected chi connectivity index (χ3v) is 2.26. The lowest BCUT2D eigenvalue weighted by atomic mass is 10.2. The summed E-state index contributed by atoms with van der Waals surface area (Å²) in [5, 5.41) is 12.8. The van der Waals surface area contributed by atoms with Crippen LogP contribution in [0.15, 0.2) is 24.3 Å². The van der Waals surface area contributed by atoms with Gasteiger partial charge in [0.25, 0.3) is 5.69 Å². The number of hydrogen-bond acceptors (Lipinski definition) is 4. The second-order valence-electron chi connectivity index (χ2n) is 3.28. The average molecular weight is 240 g/mol. The first-order valence-electron chi connectivity index (χ1n) is 4.70. The summed E-state index contributed by atoms with van der Waals surface area (Å²) in [6, 6.07) is 6.30. The van der Waals surface area contributed by atoms with Crippen LogP contribution in [0.25, 0.3) is 0 Å². The van der Waals surface area contributed by atoms with Crippen molar-refractivity contribution in [3.05, 3.63) is 39.9 Å². The number of rotatable bonds is 4. The van der Waals surface area contributed by atoms with Gasteiger partial charge in [0.1, 0.15) is 0 Å². The summed E-state index contributed by atoms with van der Waals surface area (Å²) in [4.78, 5) is 21.5. The number of amides is 1. The summed E-state index contributed by atoms with van der Waals surface area (Å²) in [6.45, 7) is 1.78. The number of carbonyl (C=O) groups is 1. The third kappa shape index (κ3) is 3.23. The summed E-state index contributed by atoms with van der Waals surface area (Å²) in [7, 11) is 0. The highest BCUT2D eigenvalue weighted by Crippen LogP contribution is 2.17. The quantitative estimate of drug-likeness (QED) is 0.476. The van der Waals surface area contributed by atoms with E-state index in [1.165, 1.54) is 6.07 Å². The van der Waals surface area contributed by atoms with E-state index in [2.05, 4.69) is 17.9 Å². The SMILES string of the molecule is CC(S)C(=O)NCc1ccccc1[N+](=O)[O-]. The minimum atomic E-state index is -0.467. The van der Waals surface area contributed by atoms with Crippen LogP contribution < -0.4 is 5.32 Å². The van der Waals surface area contributed by atoms with Crippen molar-refractivity contribution < 1.29 is 9.72 Å². The fraction of sp³-hybridized carbons (Fsp3) is 0.300. The van der Waals surface area contributed by atoms with Crippen LogP contribution in [0.1, 0.15) is 12.5 Å². The zero-order valence-electron chi connectivity index (χ0n) is 8.71. The maximum absolute atomic E-state index is 11.2. The lowest BCUT2D eigenvalue weighted by Crippen LogP contribution is -2.29. The number of nitro groups is 1. The Balaban J connectivity index is 2.74. The van der Waals surface area contributed by atoms with Crippen LogP contribution in [0.3, 0.4) is 0 Å². The van der Waals surface area contributed by atoms with Crippen molar-refractivity contribution in [3.8, 4) is 0 Å². The second-order valence-corrected chi connectivity index (χ2v) is 4.05. The minimum absolute atomic E-state index is 0.00890. The van der Waals surface area contributed by atoms with Gasteiger partial charge in [-0.15, -0.1) is 0 Å². The van der Waals surface area contributed by atoms with Gasteiger partial charge in [0, 0.05) is 18.2 Å². The van der Waals surface area contributed by atoms with Crippen molar-refractivity contribution in [3.63, 3.8) is 0 Å². The zero-order chi connectivity index (χ0) is 12.1. The van der Waals surface area contributed by atoms with Crippen LogP contribution in [0.5, 0.6) is 0 Å². The first kappa shape index (κ1) is 12.5. The molecule has 5 nitrogen and oxygen atoms in total. The molecule has 1 aromatic carbocycles. The molecule has 0 aliphatic rings. The number of carbonyl (C=O) groups excluding carboxylic acids is 1. The Labute approximate surface area is 98.4 Å². The van der Waals surface area contributed by atoms with Gasteiger partial charge in [0.05, 0.1) is 10.2 Å². The van der Waals surface area contributed by atoms with Gasteiger partial charge in [-0.3, -0.25) is 14.9 Å². The molecule has 1 rings (SSSR count). The van der Waals surface area contributed by atoms with E-state index in [4.69, 9.17) is 0 Å². The molecule has 0 aliphatic carbocycles. The zero-order valence-corrected chi connectivity index (χ0v) is 9.61. The van der Waals surface area contributed by atoms with Crippen molar-refractivity contribution in [1.29, 1.82) is 0 Å². The molecule has 6 heteroatoms. The smallest absolute Gasteiger partial charge is 0.274 e. The maximum atomic E-state index is 11.2. The summed E-state index contributed by atoms with van der Waals surface area (Å²) in [5.74, 6) is -0.249. The van der Waals surface area contributed by atoms with Crippen molar-refractivity contribution in [1.82, 2.24) is 5.32 Å². The van der Waals surface area contributed by atoms with Crippen LogP contribution in [-0.4, -0.2) is 16.1 Å². The van der Waals surface area contributed by atoms with E-state index >= 15 is 0 Å². The van der Waals surface area contributed by atoms with Crippen molar-refractivity contribution in [2.24, 2.45) is 0 Å². The molecule has 0 fully saturated rings. The van der Waals surface area contributed by atoms with Gasteiger partial charge in [0.15, 0.2) is 0 Å². The molecule has 1 aromatic rings. The first-order chi connectivity index (χ1) is 7.52. The Morgan fingerprint density at radius 1 is 1.56 bits per heavy atom. The molecule has 0 bridgehead atoms. The molecule has 1 atom stereocenters. The predicted molar refractivity (Wildman–Crippen MR) is 63.4 cm³/mol. The van der Waals surface area contributed by atoms with Gasteiger partial charge in [-0.05, 0) is 6.92 Å². The van der Waals surface area contributed by atoms with Crippen LogP contribution >= 0.6 is 12.6 Å². The van der Waals surface area contributed by atoms with Gasteiger partial charge < -0.3 is 5.32 Å². The highest BCUT2D eigenvalue weighted by atomic mass is 32.1. The molecule has 0 heterocycles. The highest BCUT2D eigenvalue weighted by molar-refractivity contribution is 7.81. The monoisotopic (exact) mass is 240 g/mol. The van der Waals surface area contributed by atoms with Crippen LogP contribution in [-0.2, 0) is 11.3 Å². The molecule has 1 N–H and O–H groups in total. The molecular formula is C10H12N2O3S. The van der Waals surface area contributed by atoms with Crippen molar-refractivity contribution >= 4 is 24.2 Å². The first-order valence-corrected chi connectivity index (χ1v) is 5.22. The highest BCUT2D eigenvalue weighted by Gasteiger charge is 2.13. The Kier molecular flexibility index (Phi) is 4.30.